The highest BCUT2D eigenvalue weighted by Gasteiger charge is 2.26. The maximum atomic E-state index is 14.6. The molecule has 1 fully saturated rings. The van der Waals surface area contributed by atoms with E-state index >= 15 is 0 Å². The number of nitrogens with zero attached hydrogens (tertiary/aromatic N) is 2. The quantitative estimate of drug-likeness (QED) is 0.838. The van der Waals surface area contributed by atoms with Crippen LogP contribution in [0.2, 0.25) is 0 Å². The van der Waals surface area contributed by atoms with E-state index in [9.17, 15) is 4.39 Å². The first-order valence-corrected chi connectivity index (χ1v) is 7.74. The minimum absolute atomic E-state index is 0.156. The van der Waals surface area contributed by atoms with Crippen molar-refractivity contribution in [3.8, 4) is 0 Å². The monoisotopic (exact) mass is 279 g/mol. The second-order valence-electron chi connectivity index (χ2n) is 5.97. The van der Waals surface area contributed by atoms with E-state index < -0.39 is 0 Å². The number of pyridine rings is 1. The average Bonchev–Trinajstić information content (AvgIpc) is 2.44. The summed E-state index contributed by atoms with van der Waals surface area (Å²) in [5.74, 6) is 0.978. The number of anilines is 1. The third kappa shape index (κ3) is 3.48. The van der Waals surface area contributed by atoms with Crippen molar-refractivity contribution in [3.63, 3.8) is 0 Å². The lowest BCUT2D eigenvalue weighted by atomic mass is 9.95. The molecule has 0 radical (unpaired) electrons. The highest BCUT2D eigenvalue weighted by Crippen LogP contribution is 2.28. The van der Waals surface area contributed by atoms with Gasteiger partial charge in [-0.05, 0) is 44.7 Å². The van der Waals surface area contributed by atoms with Gasteiger partial charge >= 0.3 is 0 Å². The molecular formula is C16H26FN3. The molecule has 0 aromatic carbocycles. The lowest BCUT2D eigenvalue weighted by Gasteiger charge is -2.38. The van der Waals surface area contributed by atoms with E-state index in [1.165, 1.54) is 6.42 Å². The fourth-order valence-electron chi connectivity index (χ4n) is 2.79. The zero-order chi connectivity index (χ0) is 14.5. The summed E-state index contributed by atoms with van der Waals surface area (Å²) in [5, 5.41) is 3.26. The normalized spacial score (nSPS) is 23.1. The van der Waals surface area contributed by atoms with E-state index in [1.54, 1.807) is 12.3 Å². The van der Waals surface area contributed by atoms with Gasteiger partial charge < -0.3 is 10.2 Å². The lowest BCUT2D eigenvalue weighted by molar-refractivity contribution is 0.383. The molecule has 1 aliphatic heterocycles. The molecular weight excluding hydrogens is 253 g/mol. The first-order valence-electron chi connectivity index (χ1n) is 7.74. The van der Waals surface area contributed by atoms with Crippen LogP contribution in [0.1, 0.15) is 45.6 Å². The first-order chi connectivity index (χ1) is 9.63. The Balaban J connectivity index is 2.16. The largest absolute Gasteiger partial charge is 0.351 e. The molecule has 4 heteroatoms. The van der Waals surface area contributed by atoms with Crippen molar-refractivity contribution in [3.05, 3.63) is 23.6 Å². The summed E-state index contributed by atoms with van der Waals surface area (Å²) in [4.78, 5) is 6.43. The van der Waals surface area contributed by atoms with Crippen molar-refractivity contribution >= 4 is 5.82 Å². The minimum atomic E-state index is -0.156. The van der Waals surface area contributed by atoms with Crippen molar-refractivity contribution < 1.29 is 4.39 Å². The summed E-state index contributed by atoms with van der Waals surface area (Å²) in [6.45, 7) is 8.88. The molecule has 1 N–H and O–H groups in total. The molecule has 2 heterocycles. The Bertz CT molecular complexity index is 436. The topological polar surface area (TPSA) is 28.2 Å². The number of halogens is 1. The van der Waals surface area contributed by atoms with E-state index in [2.05, 4.69) is 36.0 Å². The number of aromatic nitrogens is 1. The second-order valence-corrected chi connectivity index (χ2v) is 5.97. The van der Waals surface area contributed by atoms with Crippen LogP contribution >= 0.6 is 0 Å². The minimum Gasteiger partial charge on any atom is -0.351 e. The predicted molar refractivity (Wildman–Crippen MR) is 81.4 cm³/mol. The fourth-order valence-corrected chi connectivity index (χ4v) is 2.79. The van der Waals surface area contributed by atoms with Gasteiger partial charge in [0.05, 0.1) is 0 Å². The molecule has 0 amide bonds. The molecule has 0 saturated carbocycles. The van der Waals surface area contributed by atoms with E-state index in [1.807, 2.05) is 0 Å². The Kier molecular flexibility index (Phi) is 5.35. The number of piperidine rings is 1. The zero-order valence-electron chi connectivity index (χ0n) is 12.8. The summed E-state index contributed by atoms with van der Waals surface area (Å²) >= 11 is 0. The highest BCUT2D eigenvalue weighted by molar-refractivity contribution is 5.44. The Hall–Kier alpha value is -1.16. The lowest BCUT2D eigenvalue weighted by Crippen LogP contribution is -2.42. The summed E-state index contributed by atoms with van der Waals surface area (Å²) in [6.07, 6.45) is 5.12. The Morgan fingerprint density at radius 3 is 2.95 bits per heavy atom. The number of hydrogen-bond donors (Lipinski definition) is 1. The maximum Gasteiger partial charge on any atom is 0.170 e. The second kappa shape index (κ2) is 7.02. The van der Waals surface area contributed by atoms with E-state index in [-0.39, 0.29) is 5.82 Å². The molecule has 2 unspecified atom stereocenters. The van der Waals surface area contributed by atoms with Crippen LogP contribution in [0.4, 0.5) is 10.2 Å². The zero-order valence-corrected chi connectivity index (χ0v) is 12.8. The van der Waals surface area contributed by atoms with Gasteiger partial charge in [0.15, 0.2) is 11.6 Å². The molecule has 3 nitrogen and oxygen atoms in total. The molecule has 1 saturated heterocycles. The van der Waals surface area contributed by atoms with Gasteiger partial charge in [0, 0.05) is 30.9 Å². The van der Waals surface area contributed by atoms with Gasteiger partial charge in [-0.1, -0.05) is 13.8 Å². The summed E-state index contributed by atoms with van der Waals surface area (Å²) in [6, 6.07) is 2.14. The molecule has 0 aliphatic carbocycles. The van der Waals surface area contributed by atoms with Crippen molar-refractivity contribution in [2.75, 3.05) is 18.0 Å². The van der Waals surface area contributed by atoms with Crippen LogP contribution in [0.3, 0.4) is 0 Å². The number of rotatable bonds is 5. The van der Waals surface area contributed by atoms with Crippen molar-refractivity contribution in [2.24, 2.45) is 5.92 Å². The molecule has 112 valence electrons. The van der Waals surface area contributed by atoms with Crippen LogP contribution < -0.4 is 10.2 Å². The van der Waals surface area contributed by atoms with Crippen molar-refractivity contribution in [1.29, 1.82) is 0 Å². The predicted octanol–water partition coefficient (Wildman–Crippen LogP) is 3.35. The van der Waals surface area contributed by atoms with Crippen molar-refractivity contribution in [2.45, 2.75) is 52.6 Å². The van der Waals surface area contributed by atoms with E-state index in [0.29, 0.717) is 29.9 Å². The van der Waals surface area contributed by atoms with Gasteiger partial charge in [0.25, 0.3) is 0 Å². The maximum absolute atomic E-state index is 14.6. The SMILES string of the molecule is CCCNCc1ccnc(N2CC(C)CCC2C)c1F. The molecule has 1 aliphatic rings. The first kappa shape index (κ1) is 15.2. The van der Waals surface area contributed by atoms with Gasteiger partial charge in [-0.3, -0.25) is 0 Å². The van der Waals surface area contributed by atoms with Gasteiger partial charge in [0.2, 0.25) is 0 Å². The smallest absolute Gasteiger partial charge is 0.170 e. The van der Waals surface area contributed by atoms with Crippen LogP contribution in [0, 0.1) is 11.7 Å². The summed E-state index contributed by atoms with van der Waals surface area (Å²) in [7, 11) is 0. The molecule has 1 aromatic heterocycles. The van der Waals surface area contributed by atoms with Crippen LogP contribution in [-0.2, 0) is 6.54 Å². The summed E-state index contributed by atoms with van der Waals surface area (Å²) in [5.41, 5.74) is 0.717. The van der Waals surface area contributed by atoms with E-state index in [0.717, 1.165) is 25.9 Å². The number of hydrogen-bond acceptors (Lipinski definition) is 3. The van der Waals surface area contributed by atoms with Crippen LogP contribution in [-0.4, -0.2) is 24.1 Å². The Morgan fingerprint density at radius 2 is 2.20 bits per heavy atom. The van der Waals surface area contributed by atoms with Gasteiger partial charge in [-0.15, -0.1) is 0 Å². The third-order valence-electron chi connectivity index (χ3n) is 4.08. The Labute approximate surface area is 121 Å². The molecule has 20 heavy (non-hydrogen) atoms. The molecule has 0 spiro atoms. The van der Waals surface area contributed by atoms with Gasteiger partial charge in [-0.25, -0.2) is 9.37 Å². The van der Waals surface area contributed by atoms with Gasteiger partial charge in [0.1, 0.15) is 0 Å². The van der Waals surface area contributed by atoms with E-state index in [4.69, 9.17) is 0 Å². The molecule has 0 bridgehead atoms. The van der Waals surface area contributed by atoms with Crippen LogP contribution in [0.15, 0.2) is 12.3 Å². The fraction of sp³-hybridized carbons (Fsp3) is 0.688. The van der Waals surface area contributed by atoms with Crippen molar-refractivity contribution in [1.82, 2.24) is 10.3 Å². The Morgan fingerprint density at radius 1 is 1.40 bits per heavy atom. The molecule has 2 rings (SSSR count). The highest BCUT2D eigenvalue weighted by atomic mass is 19.1. The molecule has 1 aromatic rings. The standard InChI is InChI=1S/C16H26FN3/c1-4-8-18-10-14-7-9-19-16(15(14)17)20-11-12(2)5-6-13(20)3/h7,9,12-13,18H,4-6,8,10-11H2,1-3H3. The van der Waals surface area contributed by atoms with Crippen LogP contribution in [0.25, 0.3) is 0 Å². The molecule has 2 atom stereocenters. The third-order valence-corrected chi connectivity index (χ3v) is 4.08. The van der Waals surface area contributed by atoms with Crippen LogP contribution in [0.5, 0.6) is 0 Å². The number of nitrogens with one attached hydrogen (secondary N) is 1. The summed E-state index contributed by atoms with van der Waals surface area (Å²) < 4.78 is 14.6. The van der Waals surface area contributed by atoms with Gasteiger partial charge in [-0.2, -0.15) is 0 Å². The average molecular weight is 279 g/mol.